The fourth-order valence-electron chi connectivity index (χ4n) is 1.96. The highest BCUT2D eigenvalue weighted by Gasteiger charge is 2.12. The highest BCUT2D eigenvalue weighted by molar-refractivity contribution is 5.72. The number of hydrogen-bond donors (Lipinski definition) is 1. The van der Waals surface area contributed by atoms with Crippen molar-refractivity contribution in [3.8, 4) is 0 Å². The van der Waals surface area contributed by atoms with Crippen LogP contribution < -0.4 is 11.3 Å². The third-order valence-electron chi connectivity index (χ3n) is 3.05. The van der Waals surface area contributed by atoms with E-state index in [2.05, 4.69) is 15.4 Å². The van der Waals surface area contributed by atoms with Crippen LogP contribution in [0.2, 0.25) is 0 Å². The monoisotopic (exact) mass is 274 g/mol. The highest BCUT2D eigenvalue weighted by atomic mass is 19.1. The minimum Gasteiger partial charge on any atom is -0.396 e. The van der Waals surface area contributed by atoms with E-state index >= 15 is 0 Å². The summed E-state index contributed by atoms with van der Waals surface area (Å²) >= 11 is 0. The number of nitrogens with two attached hydrogens (primary N) is 1. The Balaban J connectivity index is 2.09. The van der Waals surface area contributed by atoms with Gasteiger partial charge in [0.1, 0.15) is 5.39 Å². The third-order valence-corrected chi connectivity index (χ3v) is 3.05. The maximum Gasteiger partial charge on any atom is 0.281 e. The molecule has 0 saturated carbocycles. The lowest BCUT2D eigenvalue weighted by Gasteiger charge is -2.06. The molecule has 0 bridgehead atoms. The van der Waals surface area contributed by atoms with E-state index in [4.69, 9.17) is 5.73 Å². The predicted octanol–water partition coefficient (Wildman–Crippen LogP) is 0.295. The van der Waals surface area contributed by atoms with Crippen LogP contribution in [0.4, 0.5) is 10.1 Å². The first-order chi connectivity index (χ1) is 9.58. The van der Waals surface area contributed by atoms with Crippen LogP contribution in [0, 0.1) is 5.82 Å². The van der Waals surface area contributed by atoms with E-state index in [0.29, 0.717) is 11.0 Å². The van der Waals surface area contributed by atoms with Crippen molar-refractivity contribution in [1.82, 2.24) is 24.8 Å². The summed E-state index contributed by atoms with van der Waals surface area (Å²) < 4.78 is 16.4. The van der Waals surface area contributed by atoms with E-state index < -0.39 is 5.82 Å². The molecule has 3 rings (SSSR count). The number of fused-ring (bicyclic) bond motifs is 1. The maximum absolute atomic E-state index is 13.8. The fraction of sp³-hybridized carbons (Fsp3) is 0.167. The van der Waals surface area contributed by atoms with Crippen molar-refractivity contribution in [2.45, 2.75) is 6.54 Å². The molecule has 3 aromatic rings. The second-order valence-corrected chi connectivity index (χ2v) is 4.38. The number of anilines is 1. The van der Waals surface area contributed by atoms with Crippen LogP contribution in [0.3, 0.4) is 0 Å². The summed E-state index contributed by atoms with van der Waals surface area (Å²) in [6.45, 7) is -0.0342. The van der Waals surface area contributed by atoms with Crippen molar-refractivity contribution in [1.29, 1.82) is 0 Å². The van der Waals surface area contributed by atoms with Crippen LogP contribution in [-0.2, 0) is 13.6 Å². The van der Waals surface area contributed by atoms with Gasteiger partial charge in [-0.05, 0) is 6.07 Å². The Labute approximate surface area is 112 Å². The molecular weight excluding hydrogens is 263 g/mol. The molecule has 0 unspecified atom stereocenters. The van der Waals surface area contributed by atoms with E-state index in [1.807, 2.05) is 0 Å². The predicted molar refractivity (Wildman–Crippen MR) is 70.5 cm³/mol. The lowest BCUT2D eigenvalue weighted by molar-refractivity contribution is 0.557. The van der Waals surface area contributed by atoms with Crippen molar-refractivity contribution in [2.75, 3.05) is 5.73 Å². The molecule has 0 amide bonds. The number of halogens is 1. The maximum atomic E-state index is 13.8. The number of hydrogen-bond acceptors (Lipinski definition) is 5. The number of aryl methyl sites for hydroxylation is 1. The Bertz CT molecular complexity index is 853. The number of benzene rings is 1. The molecule has 0 saturated heterocycles. The standard InChI is InChI=1S/C12H11FN6O/c1-18-11-8(5-15-18)12(20)19(17-16-11)6-7-3-2-4-9(14)10(7)13/h2-5H,6,14H2,1H3. The van der Waals surface area contributed by atoms with E-state index in [1.54, 1.807) is 19.2 Å². The number of aromatic nitrogens is 5. The normalized spacial score (nSPS) is 11.1. The van der Waals surface area contributed by atoms with Gasteiger partial charge in [-0.2, -0.15) is 5.10 Å². The molecule has 0 radical (unpaired) electrons. The molecule has 0 fully saturated rings. The van der Waals surface area contributed by atoms with Crippen molar-refractivity contribution >= 4 is 16.7 Å². The topological polar surface area (TPSA) is 91.6 Å². The quantitative estimate of drug-likeness (QED) is 0.678. The average molecular weight is 274 g/mol. The summed E-state index contributed by atoms with van der Waals surface area (Å²) in [6, 6.07) is 4.62. The summed E-state index contributed by atoms with van der Waals surface area (Å²) in [5.74, 6) is -0.549. The van der Waals surface area contributed by atoms with Crippen molar-refractivity contribution in [2.24, 2.45) is 7.05 Å². The number of rotatable bonds is 2. The van der Waals surface area contributed by atoms with Crippen LogP contribution in [0.1, 0.15) is 5.56 Å². The van der Waals surface area contributed by atoms with E-state index in [0.717, 1.165) is 4.68 Å². The molecule has 20 heavy (non-hydrogen) atoms. The van der Waals surface area contributed by atoms with Crippen molar-refractivity contribution in [3.05, 3.63) is 46.1 Å². The molecule has 0 atom stereocenters. The Morgan fingerprint density at radius 3 is 3.00 bits per heavy atom. The molecule has 0 spiro atoms. The molecule has 1 aromatic carbocycles. The van der Waals surface area contributed by atoms with Crippen LogP contribution in [0.15, 0.2) is 29.2 Å². The number of nitrogen functional groups attached to an aromatic ring is 1. The zero-order valence-electron chi connectivity index (χ0n) is 10.6. The molecule has 102 valence electrons. The Hall–Kier alpha value is -2.77. The Morgan fingerprint density at radius 1 is 1.40 bits per heavy atom. The van der Waals surface area contributed by atoms with E-state index in [9.17, 15) is 9.18 Å². The van der Waals surface area contributed by atoms with Crippen LogP contribution in [0.25, 0.3) is 11.0 Å². The molecule has 2 heterocycles. The fourth-order valence-corrected chi connectivity index (χ4v) is 1.96. The Kier molecular flexibility index (Phi) is 2.70. The van der Waals surface area contributed by atoms with Gasteiger partial charge >= 0.3 is 0 Å². The van der Waals surface area contributed by atoms with Gasteiger partial charge in [0.25, 0.3) is 5.56 Å². The summed E-state index contributed by atoms with van der Waals surface area (Å²) in [5.41, 5.74) is 5.83. The molecule has 7 nitrogen and oxygen atoms in total. The van der Waals surface area contributed by atoms with Crippen molar-refractivity contribution < 1.29 is 4.39 Å². The third kappa shape index (κ3) is 1.81. The zero-order valence-corrected chi connectivity index (χ0v) is 10.6. The van der Waals surface area contributed by atoms with E-state index in [1.165, 1.54) is 16.9 Å². The van der Waals surface area contributed by atoms with Gasteiger partial charge in [0.2, 0.25) is 0 Å². The molecule has 0 aliphatic carbocycles. The smallest absolute Gasteiger partial charge is 0.281 e. The molecule has 2 N–H and O–H groups in total. The Morgan fingerprint density at radius 2 is 2.20 bits per heavy atom. The van der Waals surface area contributed by atoms with E-state index in [-0.39, 0.29) is 23.4 Å². The highest BCUT2D eigenvalue weighted by Crippen LogP contribution is 2.15. The summed E-state index contributed by atoms with van der Waals surface area (Å²) in [5, 5.41) is 12.0. The van der Waals surface area contributed by atoms with Crippen molar-refractivity contribution in [3.63, 3.8) is 0 Å². The van der Waals surface area contributed by atoms with Crippen LogP contribution in [0.5, 0.6) is 0 Å². The lowest BCUT2D eigenvalue weighted by Crippen LogP contribution is -2.25. The van der Waals surface area contributed by atoms with Crippen LogP contribution in [-0.4, -0.2) is 24.8 Å². The first-order valence-corrected chi connectivity index (χ1v) is 5.86. The minimum atomic E-state index is -0.549. The average Bonchev–Trinajstić information content (AvgIpc) is 2.80. The summed E-state index contributed by atoms with van der Waals surface area (Å²) in [4.78, 5) is 12.2. The lowest BCUT2D eigenvalue weighted by atomic mass is 10.2. The van der Waals surface area contributed by atoms with Gasteiger partial charge in [-0.3, -0.25) is 4.79 Å². The SMILES string of the molecule is Cn1ncc2c(=O)n(Cc3cccc(N)c3F)nnc21. The van der Waals surface area contributed by atoms with Gasteiger partial charge in [-0.15, -0.1) is 5.10 Å². The second-order valence-electron chi connectivity index (χ2n) is 4.38. The van der Waals surface area contributed by atoms with Gasteiger partial charge in [0, 0.05) is 12.6 Å². The van der Waals surface area contributed by atoms with Gasteiger partial charge in [-0.25, -0.2) is 13.8 Å². The summed E-state index contributed by atoms with van der Waals surface area (Å²) in [6.07, 6.45) is 1.42. The molecule has 8 heteroatoms. The minimum absolute atomic E-state index is 0.0333. The molecule has 0 aliphatic heterocycles. The first kappa shape index (κ1) is 12.3. The van der Waals surface area contributed by atoms with Crippen LogP contribution >= 0.6 is 0 Å². The van der Waals surface area contributed by atoms with Gasteiger partial charge in [0.05, 0.1) is 18.4 Å². The molecule has 0 aliphatic rings. The number of nitrogens with zero attached hydrogens (tertiary/aromatic N) is 5. The van der Waals surface area contributed by atoms with Gasteiger partial charge in [0.15, 0.2) is 11.5 Å². The van der Waals surface area contributed by atoms with Gasteiger partial charge < -0.3 is 5.73 Å². The first-order valence-electron chi connectivity index (χ1n) is 5.86. The van der Waals surface area contributed by atoms with Gasteiger partial charge in [-0.1, -0.05) is 17.3 Å². The zero-order chi connectivity index (χ0) is 14.3. The molecule has 2 aromatic heterocycles. The largest absolute Gasteiger partial charge is 0.396 e. The molecular formula is C12H11FN6O. The second kappa shape index (κ2) is 4.41. The summed E-state index contributed by atoms with van der Waals surface area (Å²) in [7, 11) is 1.67.